The number of likely N-dealkylation sites (tertiary alicyclic amines) is 1. The number of carbonyl (C=O) groups excluding carboxylic acids is 2. The molecule has 1 aliphatic heterocycles. The molecule has 0 saturated carbocycles. The minimum Gasteiger partial charge on any atom is -0.459 e. The van der Waals surface area contributed by atoms with Gasteiger partial charge in [-0.2, -0.15) is 0 Å². The fraction of sp³-hybridized carbons (Fsp3) is 0.294. The number of halogens is 1. The predicted octanol–water partition coefficient (Wildman–Crippen LogP) is 3.07. The molecule has 0 aromatic heterocycles. The third kappa shape index (κ3) is 4.74. The fourth-order valence-electron chi connectivity index (χ4n) is 2.29. The Bertz CT molecular complexity index is 589. The highest BCUT2D eigenvalue weighted by atomic mass is 35.5. The van der Waals surface area contributed by atoms with Gasteiger partial charge < -0.3 is 9.64 Å². The number of ether oxygens (including phenoxy) is 1. The number of esters is 1. The molecule has 1 saturated heterocycles. The Morgan fingerprint density at radius 2 is 2.05 bits per heavy atom. The zero-order valence-electron chi connectivity index (χ0n) is 12.2. The number of benzene rings is 1. The van der Waals surface area contributed by atoms with E-state index in [0.717, 1.165) is 11.6 Å². The van der Waals surface area contributed by atoms with Gasteiger partial charge in [0.1, 0.15) is 6.10 Å². The molecule has 4 nitrogen and oxygen atoms in total. The van der Waals surface area contributed by atoms with Gasteiger partial charge >= 0.3 is 5.97 Å². The van der Waals surface area contributed by atoms with Crippen LogP contribution in [0.5, 0.6) is 0 Å². The molecule has 1 aliphatic rings. The van der Waals surface area contributed by atoms with Gasteiger partial charge in [0, 0.05) is 43.1 Å². The van der Waals surface area contributed by atoms with Crippen LogP contribution in [0.3, 0.4) is 0 Å². The molecule has 0 bridgehead atoms. The van der Waals surface area contributed by atoms with Crippen LogP contribution in [0.4, 0.5) is 0 Å². The minimum atomic E-state index is -0.411. The van der Waals surface area contributed by atoms with Gasteiger partial charge in [-0.05, 0) is 23.8 Å². The first-order valence-electron chi connectivity index (χ1n) is 7.14. The van der Waals surface area contributed by atoms with Crippen molar-refractivity contribution in [1.82, 2.24) is 4.90 Å². The number of piperidine rings is 1. The summed E-state index contributed by atoms with van der Waals surface area (Å²) in [6.07, 6.45) is 5.61. The van der Waals surface area contributed by atoms with Crippen molar-refractivity contribution < 1.29 is 14.3 Å². The molecular formula is C17H18ClNO3. The maximum Gasteiger partial charge on any atom is 0.330 e. The summed E-state index contributed by atoms with van der Waals surface area (Å²) in [7, 11) is 0. The molecule has 0 radical (unpaired) electrons. The Kier molecular flexibility index (Phi) is 5.78. The Balaban J connectivity index is 1.84. The Hall–Kier alpha value is -2.07. The highest BCUT2D eigenvalue weighted by Crippen LogP contribution is 2.16. The van der Waals surface area contributed by atoms with Crippen LogP contribution in [0.1, 0.15) is 18.4 Å². The van der Waals surface area contributed by atoms with Crippen LogP contribution in [0.2, 0.25) is 5.02 Å². The molecule has 22 heavy (non-hydrogen) atoms. The van der Waals surface area contributed by atoms with Crippen LogP contribution in [0.15, 0.2) is 43.0 Å². The van der Waals surface area contributed by atoms with E-state index >= 15 is 0 Å². The lowest BCUT2D eigenvalue weighted by atomic mass is 10.1. The first-order chi connectivity index (χ1) is 10.6. The molecular weight excluding hydrogens is 302 g/mol. The van der Waals surface area contributed by atoms with Gasteiger partial charge in [0.15, 0.2) is 0 Å². The van der Waals surface area contributed by atoms with Crippen molar-refractivity contribution in [3.8, 4) is 0 Å². The van der Waals surface area contributed by atoms with E-state index in [1.54, 1.807) is 29.2 Å². The molecule has 0 unspecified atom stereocenters. The number of rotatable bonds is 4. The van der Waals surface area contributed by atoms with E-state index in [1.807, 2.05) is 12.1 Å². The number of amides is 1. The van der Waals surface area contributed by atoms with Crippen molar-refractivity contribution in [3.63, 3.8) is 0 Å². The van der Waals surface area contributed by atoms with Crippen molar-refractivity contribution in [3.05, 3.63) is 53.6 Å². The highest BCUT2D eigenvalue weighted by molar-refractivity contribution is 6.30. The number of hydrogen-bond acceptors (Lipinski definition) is 3. The summed E-state index contributed by atoms with van der Waals surface area (Å²) >= 11 is 5.90. The van der Waals surface area contributed by atoms with Crippen LogP contribution >= 0.6 is 11.6 Å². The molecule has 1 fully saturated rings. The zero-order chi connectivity index (χ0) is 15.9. The maximum absolute atomic E-state index is 12.1. The maximum atomic E-state index is 12.1. The predicted molar refractivity (Wildman–Crippen MR) is 86.4 cm³/mol. The summed E-state index contributed by atoms with van der Waals surface area (Å²) in [6.45, 7) is 4.53. The molecule has 0 aliphatic carbocycles. The summed E-state index contributed by atoms with van der Waals surface area (Å²) in [4.78, 5) is 25.0. The van der Waals surface area contributed by atoms with Gasteiger partial charge in [-0.15, -0.1) is 0 Å². The van der Waals surface area contributed by atoms with Crippen LogP contribution in [0.25, 0.3) is 6.08 Å². The van der Waals surface area contributed by atoms with Crippen LogP contribution in [0, 0.1) is 0 Å². The highest BCUT2D eigenvalue weighted by Gasteiger charge is 2.23. The van der Waals surface area contributed by atoms with E-state index in [9.17, 15) is 9.59 Å². The second-order valence-corrected chi connectivity index (χ2v) is 5.49. The van der Waals surface area contributed by atoms with Crippen LogP contribution < -0.4 is 0 Å². The van der Waals surface area contributed by atoms with Gasteiger partial charge in [-0.1, -0.05) is 30.3 Å². The molecule has 5 heteroatoms. The van der Waals surface area contributed by atoms with Gasteiger partial charge in [-0.25, -0.2) is 4.79 Å². The quantitative estimate of drug-likeness (QED) is 0.633. The topological polar surface area (TPSA) is 46.6 Å². The monoisotopic (exact) mass is 319 g/mol. The fourth-order valence-corrected chi connectivity index (χ4v) is 2.49. The zero-order valence-corrected chi connectivity index (χ0v) is 13.0. The second-order valence-electron chi connectivity index (χ2n) is 5.05. The molecule has 0 spiro atoms. The first-order valence-corrected chi connectivity index (χ1v) is 7.52. The lowest BCUT2D eigenvalue weighted by molar-refractivity contribution is -0.145. The van der Waals surface area contributed by atoms with Crippen LogP contribution in [-0.4, -0.2) is 36.0 Å². The van der Waals surface area contributed by atoms with E-state index in [0.29, 0.717) is 31.0 Å². The standard InChI is InChI=1S/C17H18ClNO3/c1-2-17(21)22-15-8-10-19(11-9-15)16(20)7-6-13-4-3-5-14(18)12-13/h2-7,12,15H,1,8-11H2/b7-6+. The Morgan fingerprint density at radius 3 is 2.68 bits per heavy atom. The molecule has 0 atom stereocenters. The molecule has 2 rings (SSSR count). The molecule has 1 heterocycles. The third-order valence-electron chi connectivity index (χ3n) is 3.47. The first kappa shape index (κ1) is 16.3. The summed E-state index contributed by atoms with van der Waals surface area (Å²) in [6, 6.07) is 7.31. The van der Waals surface area contributed by atoms with E-state index < -0.39 is 5.97 Å². The summed E-state index contributed by atoms with van der Waals surface area (Å²) in [5, 5.41) is 0.638. The molecule has 1 amide bonds. The van der Waals surface area contributed by atoms with E-state index in [4.69, 9.17) is 16.3 Å². The van der Waals surface area contributed by atoms with Gasteiger partial charge in [0.25, 0.3) is 0 Å². The van der Waals surface area contributed by atoms with E-state index in [2.05, 4.69) is 6.58 Å². The van der Waals surface area contributed by atoms with Gasteiger partial charge in [0.2, 0.25) is 5.91 Å². The van der Waals surface area contributed by atoms with E-state index in [1.165, 1.54) is 0 Å². The van der Waals surface area contributed by atoms with Crippen LogP contribution in [-0.2, 0) is 14.3 Å². The van der Waals surface area contributed by atoms with Crippen molar-refractivity contribution in [2.75, 3.05) is 13.1 Å². The second kappa shape index (κ2) is 7.80. The van der Waals surface area contributed by atoms with E-state index in [-0.39, 0.29) is 12.0 Å². The number of hydrogen-bond donors (Lipinski definition) is 0. The van der Waals surface area contributed by atoms with Gasteiger partial charge in [-0.3, -0.25) is 4.79 Å². The number of nitrogens with zero attached hydrogens (tertiary/aromatic N) is 1. The lowest BCUT2D eigenvalue weighted by Crippen LogP contribution is -2.40. The Labute approximate surface area is 135 Å². The van der Waals surface area contributed by atoms with Crippen molar-refractivity contribution in [1.29, 1.82) is 0 Å². The summed E-state index contributed by atoms with van der Waals surface area (Å²) < 4.78 is 5.18. The molecule has 1 aromatic carbocycles. The minimum absolute atomic E-state index is 0.0477. The average Bonchev–Trinajstić information content (AvgIpc) is 2.53. The van der Waals surface area contributed by atoms with Gasteiger partial charge in [0.05, 0.1) is 0 Å². The summed E-state index contributed by atoms with van der Waals surface area (Å²) in [5.41, 5.74) is 0.885. The normalized spacial score (nSPS) is 15.8. The number of carbonyl (C=O) groups is 2. The molecule has 0 N–H and O–H groups in total. The van der Waals surface area contributed by atoms with Crippen molar-refractivity contribution >= 4 is 29.6 Å². The SMILES string of the molecule is C=CC(=O)OC1CCN(C(=O)/C=C/c2cccc(Cl)c2)CC1. The smallest absolute Gasteiger partial charge is 0.330 e. The third-order valence-corrected chi connectivity index (χ3v) is 3.71. The summed E-state index contributed by atoms with van der Waals surface area (Å²) in [5.74, 6) is -0.459. The largest absolute Gasteiger partial charge is 0.459 e. The Morgan fingerprint density at radius 1 is 1.32 bits per heavy atom. The van der Waals surface area contributed by atoms with Crippen molar-refractivity contribution in [2.24, 2.45) is 0 Å². The average molecular weight is 320 g/mol. The van der Waals surface area contributed by atoms with Crippen molar-refractivity contribution in [2.45, 2.75) is 18.9 Å². The lowest BCUT2D eigenvalue weighted by Gasteiger charge is -2.30. The molecule has 1 aromatic rings. The molecule has 116 valence electrons.